The fourth-order valence-corrected chi connectivity index (χ4v) is 3.97. The lowest BCUT2D eigenvalue weighted by Gasteiger charge is -2.13. The lowest BCUT2D eigenvalue weighted by atomic mass is 10.5. The lowest BCUT2D eigenvalue weighted by molar-refractivity contribution is 0.568. The van der Waals surface area contributed by atoms with E-state index in [4.69, 9.17) is 0 Å². The molecule has 10 heteroatoms. The van der Waals surface area contributed by atoms with Gasteiger partial charge in [-0.05, 0) is 13.3 Å². The van der Waals surface area contributed by atoms with Crippen LogP contribution in [0.15, 0.2) is 15.9 Å². The van der Waals surface area contributed by atoms with Crippen LogP contribution in [0.4, 0.5) is 0 Å². The number of hydrogen-bond donors (Lipinski definition) is 0. The summed E-state index contributed by atoms with van der Waals surface area (Å²) < 4.78 is 27.7. The number of rotatable bonds is 3. The van der Waals surface area contributed by atoms with Crippen LogP contribution in [-0.4, -0.2) is 45.1 Å². The maximum absolute atomic E-state index is 12.6. The summed E-state index contributed by atoms with van der Waals surface area (Å²) in [6.07, 6.45) is 1.14. The molecule has 0 saturated carbocycles. The van der Waals surface area contributed by atoms with Crippen molar-refractivity contribution in [2.75, 3.05) is 26.7 Å². The highest BCUT2D eigenvalue weighted by atomic mass is 31.2. The minimum Gasteiger partial charge on any atom is -0.322 e. The number of hydrogen-bond acceptors (Lipinski definition) is 5. The molecule has 2 aromatic rings. The molecule has 0 bridgehead atoms. The van der Waals surface area contributed by atoms with Crippen molar-refractivity contribution in [2.45, 2.75) is 6.29 Å². The Kier molecular flexibility index (Phi) is 3.67. The van der Waals surface area contributed by atoms with E-state index in [1.54, 1.807) is 0 Å². The highest BCUT2D eigenvalue weighted by molar-refractivity contribution is 7.61. The van der Waals surface area contributed by atoms with Crippen molar-refractivity contribution in [1.29, 1.82) is 0 Å². The third-order valence-corrected chi connectivity index (χ3v) is 5.32. The van der Waals surface area contributed by atoms with Crippen LogP contribution in [0.25, 0.3) is 11.2 Å². The lowest BCUT2D eigenvalue weighted by Crippen LogP contribution is -2.39. The summed E-state index contributed by atoms with van der Waals surface area (Å²) in [5.74, 6) is 0. The van der Waals surface area contributed by atoms with E-state index in [0.717, 1.165) is 4.57 Å². The molecular formula is C11H18N4O4P2. The van der Waals surface area contributed by atoms with E-state index in [2.05, 4.69) is 4.98 Å². The van der Waals surface area contributed by atoms with E-state index >= 15 is 0 Å². The van der Waals surface area contributed by atoms with E-state index in [1.165, 1.54) is 48.9 Å². The van der Waals surface area contributed by atoms with Crippen LogP contribution in [0.1, 0.15) is 0 Å². The molecule has 0 unspecified atom stereocenters. The molecule has 21 heavy (non-hydrogen) atoms. The van der Waals surface area contributed by atoms with Gasteiger partial charge in [0.15, 0.2) is 18.5 Å². The Balaban J connectivity index is 2.97. The molecule has 2 heterocycles. The molecule has 0 spiro atoms. The molecule has 0 saturated heterocycles. The summed E-state index contributed by atoms with van der Waals surface area (Å²) in [5, 5.41) is 0. The molecule has 2 aromatic heterocycles. The van der Waals surface area contributed by atoms with Gasteiger partial charge < -0.3 is 9.13 Å². The van der Waals surface area contributed by atoms with Gasteiger partial charge in [-0.25, -0.2) is 9.78 Å². The first-order valence-electron chi connectivity index (χ1n) is 6.20. The highest BCUT2D eigenvalue weighted by Gasteiger charge is 2.23. The minimum atomic E-state index is -2.79. The second-order valence-electron chi connectivity index (χ2n) is 5.85. The molecule has 2 rings (SSSR count). The molecule has 0 N–H and O–H groups in total. The molecule has 0 aliphatic heterocycles. The van der Waals surface area contributed by atoms with Crippen LogP contribution in [-0.2, 0) is 22.5 Å². The Bertz CT molecular complexity index is 924. The van der Waals surface area contributed by atoms with Gasteiger partial charge >= 0.3 is 5.69 Å². The zero-order valence-corrected chi connectivity index (χ0v) is 14.4. The Morgan fingerprint density at radius 1 is 1.14 bits per heavy atom. The topological polar surface area (TPSA) is 96.0 Å². The molecule has 0 aliphatic carbocycles. The molecule has 0 amide bonds. The van der Waals surface area contributed by atoms with E-state index in [1.807, 2.05) is 0 Å². The molecule has 116 valence electrons. The Hall–Kier alpha value is -1.39. The molecule has 0 atom stereocenters. The van der Waals surface area contributed by atoms with E-state index in [0.29, 0.717) is 0 Å². The van der Waals surface area contributed by atoms with E-state index < -0.39 is 25.7 Å². The second kappa shape index (κ2) is 4.82. The van der Waals surface area contributed by atoms with Gasteiger partial charge in [-0.2, -0.15) is 0 Å². The second-order valence-corrected chi connectivity index (χ2v) is 12.3. The third-order valence-electron chi connectivity index (χ3n) is 3.01. The first kappa shape index (κ1) is 16.0. The van der Waals surface area contributed by atoms with Crippen molar-refractivity contribution in [2.24, 2.45) is 7.05 Å². The third kappa shape index (κ3) is 2.83. The predicted octanol–water partition coefficient (Wildman–Crippen LogP) is 0.863. The minimum absolute atomic E-state index is 0.0962. The van der Waals surface area contributed by atoms with E-state index in [9.17, 15) is 18.7 Å². The number of fused-ring (bicyclic) bond motifs is 1. The average molecular weight is 332 g/mol. The Morgan fingerprint density at radius 3 is 2.19 bits per heavy atom. The summed E-state index contributed by atoms with van der Waals surface area (Å²) in [6, 6.07) is 0. The normalized spacial score (nSPS) is 13.0. The molecule has 0 aliphatic rings. The van der Waals surface area contributed by atoms with Gasteiger partial charge in [0.2, 0.25) is 0 Å². The first-order valence-corrected chi connectivity index (χ1v) is 11.5. The van der Waals surface area contributed by atoms with Crippen molar-refractivity contribution >= 4 is 25.6 Å². The monoisotopic (exact) mass is 332 g/mol. The van der Waals surface area contributed by atoms with Crippen molar-refractivity contribution < 1.29 is 9.13 Å². The summed E-state index contributed by atoms with van der Waals surface area (Å²) in [4.78, 5) is 28.8. The molecule has 0 fully saturated rings. The number of aromatic nitrogens is 4. The van der Waals surface area contributed by atoms with Crippen molar-refractivity contribution in [3.8, 4) is 0 Å². The molecule has 0 aromatic carbocycles. The molecule has 0 radical (unpaired) electrons. The van der Waals surface area contributed by atoms with Crippen molar-refractivity contribution in [3.05, 3.63) is 27.2 Å². The number of aryl methyl sites for hydroxylation is 1. The van der Waals surface area contributed by atoms with E-state index in [-0.39, 0.29) is 17.4 Å². The van der Waals surface area contributed by atoms with Crippen molar-refractivity contribution in [3.63, 3.8) is 0 Å². The summed E-state index contributed by atoms with van der Waals surface area (Å²) in [6.45, 7) is 6.02. The smallest absolute Gasteiger partial charge is 0.322 e. The largest absolute Gasteiger partial charge is 0.332 e. The van der Waals surface area contributed by atoms with Gasteiger partial charge in [0.1, 0.15) is 13.5 Å². The van der Waals surface area contributed by atoms with Crippen LogP contribution in [0.2, 0.25) is 0 Å². The molecular weight excluding hydrogens is 314 g/mol. The predicted molar refractivity (Wildman–Crippen MR) is 83.5 cm³/mol. The Labute approximate surface area is 121 Å². The average Bonchev–Trinajstić information content (AvgIpc) is 2.75. The van der Waals surface area contributed by atoms with Crippen LogP contribution < -0.4 is 11.2 Å². The fraction of sp³-hybridized carbons (Fsp3) is 0.545. The maximum atomic E-state index is 12.6. The van der Waals surface area contributed by atoms with Gasteiger partial charge in [-0.15, -0.1) is 0 Å². The van der Waals surface area contributed by atoms with Crippen LogP contribution in [0.3, 0.4) is 0 Å². The van der Waals surface area contributed by atoms with Gasteiger partial charge in [0, 0.05) is 20.4 Å². The quantitative estimate of drug-likeness (QED) is 0.777. The maximum Gasteiger partial charge on any atom is 0.332 e. The highest BCUT2D eigenvalue weighted by Crippen LogP contribution is 2.40. The SMILES string of the molecule is Cn1c(=O)n(CP(C)(C)=O)c(=O)c2c1ncn2P(C)(C)=O. The zero-order chi connectivity index (χ0) is 16.2. The molecule has 8 nitrogen and oxygen atoms in total. The van der Waals surface area contributed by atoms with Gasteiger partial charge in [-0.1, -0.05) is 0 Å². The van der Waals surface area contributed by atoms with Crippen LogP contribution >= 0.6 is 14.4 Å². The van der Waals surface area contributed by atoms with Crippen LogP contribution in [0.5, 0.6) is 0 Å². The Morgan fingerprint density at radius 2 is 1.71 bits per heavy atom. The number of imidazole rings is 1. The van der Waals surface area contributed by atoms with Gasteiger partial charge in [0.25, 0.3) is 5.56 Å². The number of nitrogens with zero attached hydrogens (tertiary/aromatic N) is 4. The van der Waals surface area contributed by atoms with Gasteiger partial charge in [-0.3, -0.25) is 18.3 Å². The van der Waals surface area contributed by atoms with Crippen LogP contribution in [0, 0.1) is 0 Å². The summed E-state index contributed by atoms with van der Waals surface area (Å²) >= 11 is 0. The zero-order valence-electron chi connectivity index (χ0n) is 12.6. The first-order chi connectivity index (χ1) is 9.43. The fourth-order valence-electron chi connectivity index (χ4n) is 2.09. The van der Waals surface area contributed by atoms with Crippen molar-refractivity contribution in [1.82, 2.24) is 18.5 Å². The summed E-state index contributed by atoms with van der Waals surface area (Å²) in [7, 11) is -3.94. The van der Waals surface area contributed by atoms with Gasteiger partial charge in [0.05, 0.1) is 6.29 Å². The standard InChI is InChI=1S/C11H18N4O4P2/c1-13-9-8(15(6-12-9)21(4,5)19)10(16)14(11(13)17)7-20(2,3)18/h6H,7H2,1-5H3. The summed E-state index contributed by atoms with van der Waals surface area (Å²) in [5.41, 5.74) is -0.923.